The molecule has 3 unspecified atom stereocenters. The van der Waals surface area contributed by atoms with Gasteiger partial charge in [0, 0.05) is 13.1 Å². The molecule has 0 aliphatic heterocycles. The minimum absolute atomic E-state index is 0.240. The Hall–Kier alpha value is -0.570. The fourth-order valence-electron chi connectivity index (χ4n) is 4.79. The molecule has 3 aliphatic rings. The highest BCUT2D eigenvalue weighted by atomic mass is 16.2. The van der Waals surface area contributed by atoms with Crippen molar-refractivity contribution in [3.8, 4) is 0 Å². The minimum Gasteiger partial charge on any atom is -0.355 e. The Morgan fingerprint density at radius 3 is 2.53 bits per heavy atom. The van der Waals surface area contributed by atoms with Gasteiger partial charge >= 0.3 is 0 Å². The molecule has 3 saturated carbocycles. The van der Waals surface area contributed by atoms with Crippen LogP contribution >= 0.6 is 0 Å². The molecule has 2 bridgehead atoms. The van der Waals surface area contributed by atoms with E-state index in [0.717, 1.165) is 37.1 Å². The molecular formula is C16H28N2O. The molecule has 3 nitrogen and oxygen atoms in total. The van der Waals surface area contributed by atoms with Crippen LogP contribution in [-0.2, 0) is 4.79 Å². The summed E-state index contributed by atoms with van der Waals surface area (Å²) in [5.41, 5.74) is 5.68. The Labute approximate surface area is 116 Å². The van der Waals surface area contributed by atoms with E-state index in [2.05, 4.69) is 5.32 Å². The number of carbonyl (C=O) groups is 1. The van der Waals surface area contributed by atoms with Gasteiger partial charge < -0.3 is 11.1 Å². The average Bonchev–Trinajstić information content (AvgIpc) is 3.08. The lowest BCUT2D eigenvalue weighted by Gasteiger charge is -2.35. The van der Waals surface area contributed by atoms with Gasteiger partial charge in [0.1, 0.15) is 0 Å². The number of hydrogen-bond donors (Lipinski definition) is 2. The molecule has 1 amide bonds. The van der Waals surface area contributed by atoms with Crippen LogP contribution in [0.3, 0.4) is 0 Å². The summed E-state index contributed by atoms with van der Waals surface area (Å²) in [6.45, 7) is 1.43. The summed E-state index contributed by atoms with van der Waals surface area (Å²) >= 11 is 0. The molecule has 0 spiro atoms. The zero-order valence-electron chi connectivity index (χ0n) is 12.0. The van der Waals surface area contributed by atoms with Crippen molar-refractivity contribution >= 4 is 5.91 Å². The van der Waals surface area contributed by atoms with Gasteiger partial charge in [-0.2, -0.15) is 0 Å². The molecule has 0 aromatic rings. The quantitative estimate of drug-likeness (QED) is 0.819. The van der Waals surface area contributed by atoms with Crippen LogP contribution < -0.4 is 11.1 Å². The van der Waals surface area contributed by atoms with Crippen LogP contribution in [0.2, 0.25) is 0 Å². The van der Waals surface area contributed by atoms with E-state index in [1.807, 2.05) is 0 Å². The largest absolute Gasteiger partial charge is 0.355 e. The first-order chi connectivity index (χ1) is 9.23. The van der Waals surface area contributed by atoms with Gasteiger partial charge in [-0.25, -0.2) is 0 Å². The highest BCUT2D eigenvalue weighted by Gasteiger charge is 2.41. The van der Waals surface area contributed by atoms with Gasteiger partial charge in [0.15, 0.2) is 0 Å². The Kier molecular flexibility index (Phi) is 3.84. The summed E-state index contributed by atoms with van der Waals surface area (Å²) in [6.07, 6.45) is 11.2. The lowest BCUT2D eigenvalue weighted by molar-refractivity contribution is -0.132. The molecule has 3 heteroatoms. The van der Waals surface area contributed by atoms with Crippen molar-refractivity contribution in [3.05, 3.63) is 0 Å². The van der Waals surface area contributed by atoms with Gasteiger partial charge in [-0.05, 0) is 49.9 Å². The topological polar surface area (TPSA) is 55.1 Å². The first kappa shape index (κ1) is 13.4. The Morgan fingerprint density at radius 1 is 1.16 bits per heavy atom. The van der Waals surface area contributed by atoms with Gasteiger partial charge in [0.25, 0.3) is 0 Å². The summed E-state index contributed by atoms with van der Waals surface area (Å²) in [5, 5.41) is 3.25. The van der Waals surface area contributed by atoms with Crippen LogP contribution in [0.15, 0.2) is 0 Å². The number of rotatable bonds is 4. The molecule has 3 atom stereocenters. The second kappa shape index (κ2) is 5.43. The molecule has 0 radical (unpaired) electrons. The molecule has 19 heavy (non-hydrogen) atoms. The van der Waals surface area contributed by atoms with Crippen LogP contribution in [0.25, 0.3) is 0 Å². The van der Waals surface area contributed by atoms with Crippen molar-refractivity contribution in [1.29, 1.82) is 0 Å². The number of fused-ring (bicyclic) bond motifs is 2. The van der Waals surface area contributed by atoms with Gasteiger partial charge in [0.2, 0.25) is 5.91 Å². The molecule has 0 aromatic carbocycles. The van der Waals surface area contributed by atoms with Crippen LogP contribution in [-0.4, -0.2) is 19.0 Å². The predicted octanol–water partition coefficient (Wildman–Crippen LogP) is 2.45. The number of carbonyl (C=O) groups excluding carboxylic acids is 1. The van der Waals surface area contributed by atoms with E-state index in [1.54, 1.807) is 0 Å². The molecule has 3 aliphatic carbocycles. The molecule has 0 aromatic heterocycles. The van der Waals surface area contributed by atoms with E-state index < -0.39 is 0 Å². The summed E-state index contributed by atoms with van der Waals surface area (Å²) in [5.74, 6) is 2.86. The molecule has 108 valence electrons. The first-order valence-corrected chi connectivity index (χ1v) is 8.22. The number of nitrogens with one attached hydrogen (secondary N) is 1. The summed E-state index contributed by atoms with van der Waals surface area (Å²) in [6, 6.07) is 0. The SMILES string of the molecule is NCC1(C(=O)NCC2CC3CCC2C3)CCCCC1. The number of nitrogens with two attached hydrogens (primary N) is 1. The maximum atomic E-state index is 12.5. The number of amides is 1. The number of hydrogen-bond acceptors (Lipinski definition) is 2. The van der Waals surface area contributed by atoms with E-state index in [0.29, 0.717) is 6.54 Å². The van der Waals surface area contributed by atoms with Crippen molar-refractivity contribution in [2.24, 2.45) is 28.9 Å². The lowest BCUT2D eigenvalue weighted by atomic mass is 9.73. The van der Waals surface area contributed by atoms with Crippen LogP contribution in [0.1, 0.15) is 57.8 Å². The Balaban J connectivity index is 1.52. The third-order valence-corrected chi connectivity index (χ3v) is 6.09. The normalized spacial score (nSPS) is 36.4. The third-order valence-electron chi connectivity index (χ3n) is 6.09. The third kappa shape index (κ3) is 2.54. The molecule has 3 fully saturated rings. The molecular weight excluding hydrogens is 236 g/mol. The van der Waals surface area contributed by atoms with E-state index in [9.17, 15) is 4.79 Å². The van der Waals surface area contributed by atoms with Crippen molar-refractivity contribution < 1.29 is 4.79 Å². The smallest absolute Gasteiger partial charge is 0.227 e. The van der Waals surface area contributed by atoms with E-state index in [4.69, 9.17) is 5.73 Å². The van der Waals surface area contributed by atoms with Gasteiger partial charge in [-0.3, -0.25) is 4.79 Å². The highest BCUT2D eigenvalue weighted by Crippen LogP contribution is 2.48. The molecule has 0 saturated heterocycles. The van der Waals surface area contributed by atoms with E-state index >= 15 is 0 Å². The minimum atomic E-state index is -0.240. The molecule has 3 N–H and O–H groups in total. The van der Waals surface area contributed by atoms with Gasteiger partial charge in [-0.1, -0.05) is 25.7 Å². The average molecular weight is 264 g/mol. The molecule has 3 rings (SSSR count). The fraction of sp³-hybridized carbons (Fsp3) is 0.938. The van der Waals surface area contributed by atoms with Crippen molar-refractivity contribution in [2.45, 2.75) is 57.8 Å². The van der Waals surface area contributed by atoms with Gasteiger partial charge in [-0.15, -0.1) is 0 Å². The Morgan fingerprint density at radius 2 is 1.95 bits per heavy atom. The zero-order chi connectivity index (χ0) is 13.3. The van der Waals surface area contributed by atoms with E-state index in [1.165, 1.54) is 44.9 Å². The first-order valence-electron chi connectivity index (χ1n) is 8.22. The highest BCUT2D eigenvalue weighted by molar-refractivity contribution is 5.83. The second-order valence-corrected chi connectivity index (χ2v) is 7.19. The van der Waals surface area contributed by atoms with Crippen LogP contribution in [0, 0.1) is 23.2 Å². The summed E-state index contributed by atoms with van der Waals surface area (Å²) < 4.78 is 0. The maximum Gasteiger partial charge on any atom is 0.227 e. The fourth-order valence-corrected chi connectivity index (χ4v) is 4.79. The zero-order valence-corrected chi connectivity index (χ0v) is 12.0. The predicted molar refractivity (Wildman–Crippen MR) is 76.5 cm³/mol. The summed E-state index contributed by atoms with van der Waals surface area (Å²) in [4.78, 5) is 12.5. The second-order valence-electron chi connectivity index (χ2n) is 7.19. The maximum absolute atomic E-state index is 12.5. The van der Waals surface area contributed by atoms with Crippen molar-refractivity contribution in [3.63, 3.8) is 0 Å². The van der Waals surface area contributed by atoms with Crippen LogP contribution in [0.5, 0.6) is 0 Å². The monoisotopic (exact) mass is 264 g/mol. The standard InChI is InChI=1S/C16H28N2O/c17-11-16(6-2-1-3-7-16)15(19)18-10-14-9-12-4-5-13(14)8-12/h12-14H,1-11,17H2,(H,18,19). The molecule has 0 heterocycles. The van der Waals surface area contributed by atoms with Crippen molar-refractivity contribution in [1.82, 2.24) is 5.32 Å². The van der Waals surface area contributed by atoms with E-state index in [-0.39, 0.29) is 11.3 Å². The Bertz CT molecular complexity index is 336. The summed E-state index contributed by atoms with van der Waals surface area (Å²) in [7, 11) is 0. The van der Waals surface area contributed by atoms with Crippen molar-refractivity contribution in [2.75, 3.05) is 13.1 Å². The lowest BCUT2D eigenvalue weighted by Crippen LogP contribution is -2.48. The van der Waals surface area contributed by atoms with Gasteiger partial charge in [0.05, 0.1) is 5.41 Å². The van der Waals surface area contributed by atoms with Crippen LogP contribution in [0.4, 0.5) is 0 Å².